The van der Waals surface area contributed by atoms with Crippen LogP contribution in [0.5, 0.6) is 0 Å². The van der Waals surface area contributed by atoms with E-state index in [4.69, 9.17) is 23.2 Å². The maximum atomic E-state index is 10.7. The van der Waals surface area contributed by atoms with E-state index in [1.165, 1.54) is 13.2 Å². The van der Waals surface area contributed by atoms with Gasteiger partial charge in [0.25, 0.3) is 0 Å². The van der Waals surface area contributed by atoms with E-state index in [9.17, 15) is 4.79 Å². The second kappa shape index (κ2) is 8.20. The normalized spacial score (nSPS) is 10.4. The lowest BCUT2D eigenvalue weighted by Gasteiger charge is -2.16. The van der Waals surface area contributed by atoms with E-state index in [2.05, 4.69) is 4.74 Å². The first-order valence-electron chi connectivity index (χ1n) is 3.86. The predicted molar refractivity (Wildman–Crippen MR) is 54.2 cm³/mol. The van der Waals surface area contributed by atoms with Crippen LogP contribution in [-0.2, 0) is 9.53 Å². The quantitative estimate of drug-likeness (QED) is 0.390. The zero-order valence-electron chi connectivity index (χ0n) is 7.50. The molecule has 13 heavy (non-hydrogen) atoms. The molecular formula is C8H13Cl2NO2. The number of rotatable bonds is 6. The van der Waals surface area contributed by atoms with Gasteiger partial charge in [0.05, 0.1) is 7.11 Å². The van der Waals surface area contributed by atoms with Crippen LogP contribution in [0.15, 0.2) is 12.3 Å². The first kappa shape index (κ1) is 12.6. The van der Waals surface area contributed by atoms with Crippen molar-refractivity contribution in [2.24, 2.45) is 0 Å². The van der Waals surface area contributed by atoms with Crippen molar-refractivity contribution in [2.45, 2.75) is 0 Å². The Labute approximate surface area is 88.2 Å². The lowest BCUT2D eigenvalue weighted by Crippen LogP contribution is -2.22. The van der Waals surface area contributed by atoms with Gasteiger partial charge >= 0.3 is 5.97 Å². The Kier molecular flexibility index (Phi) is 7.94. The average molecular weight is 226 g/mol. The second-order valence-electron chi connectivity index (χ2n) is 2.25. The minimum atomic E-state index is -0.380. The Hall–Kier alpha value is -0.410. The molecule has 0 rings (SSSR count). The molecule has 0 aromatic carbocycles. The number of ether oxygens (including phenoxy) is 1. The summed E-state index contributed by atoms with van der Waals surface area (Å²) in [6.07, 6.45) is 2.98. The zero-order chi connectivity index (χ0) is 10.1. The molecule has 0 radical (unpaired) electrons. The molecule has 0 aromatic rings. The smallest absolute Gasteiger partial charge is 0.331 e. The Bertz CT molecular complexity index is 168. The van der Waals surface area contributed by atoms with Crippen LogP contribution in [0.2, 0.25) is 0 Å². The van der Waals surface area contributed by atoms with Gasteiger partial charge in [-0.1, -0.05) is 0 Å². The monoisotopic (exact) mass is 225 g/mol. The zero-order valence-corrected chi connectivity index (χ0v) is 9.01. The molecule has 0 aliphatic heterocycles. The number of hydrogen-bond acceptors (Lipinski definition) is 3. The molecule has 0 saturated heterocycles. The molecule has 0 saturated carbocycles. The van der Waals surface area contributed by atoms with E-state index in [1.54, 1.807) is 6.20 Å². The molecule has 0 spiro atoms. The first-order valence-corrected chi connectivity index (χ1v) is 4.93. The molecule has 0 atom stereocenters. The van der Waals surface area contributed by atoms with Crippen molar-refractivity contribution in [3.05, 3.63) is 12.3 Å². The number of carbonyl (C=O) groups is 1. The van der Waals surface area contributed by atoms with Crippen LogP contribution in [0.3, 0.4) is 0 Å². The van der Waals surface area contributed by atoms with Gasteiger partial charge in [-0.2, -0.15) is 0 Å². The summed E-state index contributed by atoms with van der Waals surface area (Å²) in [5.74, 6) is 0.624. The summed E-state index contributed by atoms with van der Waals surface area (Å²) in [6, 6.07) is 0. The fraction of sp³-hybridized carbons (Fsp3) is 0.625. The standard InChI is InChI=1S/C8H13Cl2NO2/c1-13-8(12)2-5-11(6-3-9)7-4-10/h2,5H,3-4,6-7H2,1H3/b5-2+. The van der Waals surface area contributed by atoms with Gasteiger partial charge in [-0.05, 0) is 0 Å². The number of halogens is 2. The number of methoxy groups -OCH3 is 1. The van der Waals surface area contributed by atoms with Gasteiger partial charge in [-0.15, -0.1) is 23.2 Å². The number of carbonyl (C=O) groups excluding carboxylic acids is 1. The Balaban J connectivity index is 3.91. The second-order valence-corrected chi connectivity index (χ2v) is 3.01. The molecular weight excluding hydrogens is 213 g/mol. The van der Waals surface area contributed by atoms with Gasteiger partial charge < -0.3 is 9.64 Å². The van der Waals surface area contributed by atoms with Crippen LogP contribution < -0.4 is 0 Å². The lowest BCUT2D eigenvalue weighted by atomic mass is 10.5. The van der Waals surface area contributed by atoms with Crippen LogP contribution >= 0.6 is 23.2 Å². The molecule has 0 heterocycles. The van der Waals surface area contributed by atoms with Crippen molar-refractivity contribution in [2.75, 3.05) is 32.0 Å². The highest BCUT2D eigenvalue weighted by molar-refractivity contribution is 6.18. The number of hydrogen-bond donors (Lipinski definition) is 0. The average Bonchev–Trinajstić information content (AvgIpc) is 2.14. The summed E-state index contributed by atoms with van der Waals surface area (Å²) in [7, 11) is 1.33. The van der Waals surface area contributed by atoms with E-state index in [0.29, 0.717) is 24.8 Å². The summed E-state index contributed by atoms with van der Waals surface area (Å²) in [5.41, 5.74) is 0. The van der Waals surface area contributed by atoms with Gasteiger partial charge in [0.15, 0.2) is 0 Å². The molecule has 0 N–H and O–H groups in total. The van der Waals surface area contributed by atoms with E-state index < -0.39 is 0 Å². The highest BCUT2D eigenvalue weighted by atomic mass is 35.5. The molecule has 0 aliphatic carbocycles. The summed E-state index contributed by atoms with van der Waals surface area (Å²) in [5, 5.41) is 0. The van der Waals surface area contributed by atoms with Crippen molar-refractivity contribution in [3.63, 3.8) is 0 Å². The van der Waals surface area contributed by atoms with Crippen LogP contribution in [0.25, 0.3) is 0 Å². The van der Waals surface area contributed by atoms with Crippen LogP contribution in [-0.4, -0.2) is 42.8 Å². The fourth-order valence-corrected chi connectivity index (χ4v) is 1.15. The number of alkyl halides is 2. The van der Waals surface area contributed by atoms with Crippen molar-refractivity contribution in [1.82, 2.24) is 4.90 Å². The van der Waals surface area contributed by atoms with Gasteiger partial charge in [0, 0.05) is 37.1 Å². The molecule has 0 bridgehead atoms. The number of nitrogens with zero attached hydrogens (tertiary/aromatic N) is 1. The van der Waals surface area contributed by atoms with Gasteiger partial charge in [-0.25, -0.2) is 4.79 Å². The predicted octanol–water partition coefficient (Wildman–Crippen LogP) is 1.45. The van der Waals surface area contributed by atoms with Crippen LogP contribution in [0.1, 0.15) is 0 Å². The number of esters is 1. The van der Waals surface area contributed by atoms with Crippen molar-refractivity contribution in [1.29, 1.82) is 0 Å². The van der Waals surface area contributed by atoms with Crippen molar-refractivity contribution < 1.29 is 9.53 Å². The first-order chi connectivity index (χ1) is 6.24. The van der Waals surface area contributed by atoms with Gasteiger partial charge in [0.2, 0.25) is 0 Å². The molecule has 0 amide bonds. The van der Waals surface area contributed by atoms with Crippen molar-refractivity contribution in [3.8, 4) is 0 Å². The van der Waals surface area contributed by atoms with Gasteiger partial charge in [-0.3, -0.25) is 0 Å². The molecule has 0 aliphatic rings. The summed E-state index contributed by atoms with van der Waals surface area (Å²) >= 11 is 11.1. The highest BCUT2D eigenvalue weighted by Gasteiger charge is 1.98. The lowest BCUT2D eigenvalue weighted by molar-refractivity contribution is -0.134. The summed E-state index contributed by atoms with van der Waals surface area (Å²) in [4.78, 5) is 12.6. The SMILES string of the molecule is COC(=O)/C=C/N(CCCl)CCCl. The van der Waals surface area contributed by atoms with Crippen LogP contribution in [0.4, 0.5) is 0 Å². The van der Waals surface area contributed by atoms with E-state index in [1.807, 2.05) is 4.90 Å². The molecule has 76 valence electrons. The molecule has 3 nitrogen and oxygen atoms in total. The van der Waals surface area contributed by atoms with E-state index in [0.717, 1.165) is 0 Å². The Morgan fingerprint density at radius 1 is 1.38 bits per heavy atom. The Morgan fingerprint density at radius 2 is 1.92 bits per heavy atom. The van der Waals surface area contributed by atoms with Gasteiger partial charge in [0.1, 0.15) is 0 Å². The topological polar surface area (TPSA) is 29.5 Å². The minimum absolute atomic E-state index is 0.380. The Morgan fingerprint density at radius 3 is 2.31 bits per heavy atom. The fourth-order valence-electron chi connectivity index (χ4n) is 0.712. The van der Waals surface area contributed by atoms with Crippen molar-refractivity contribution >= 4 is 29.2 Å². The van der Waals surface area contributed by atoms with Crippen LogP contribution in [0, 0.1) is 0 Å². The minimum Gasteiger partial charge on any atom is -0.466 e. The third-order valence-corrected chi connectivity index (χ3v) is 1.70. The maximum absolute atomic E-state index is 10.7. The summed E-state index contributed by atoms with van der Waals surface area (Å²) in [6.45, 7) is 1.34. The molecule has 0 unspecified atom stereocenters. The largest absolute Gasteiger partial charge is 0.466 e. The maximum Gasteiger partial charge on any atom is 0.331 e. The molecule has 0 fully saturated rings. The van der Waals surface area contributed by atoms with E-state index >= 15 is 0 Å². The molecule has 5 heteroatoms. The summed E-state index contributed by atoms with van der Waals surface area (Å²) < 4.78 is 4.44. The molecule has 0 aromatic heterocycles. The highest BCUT2D eigenvalue weighted by Crippen LogP contribution is 1.93. The van der Waals surface area contributed by atoms with E-state index in [-0.39, 0.29) is 5.97 Å². The third kappa shape index (κ3) is 6.72. The third-order valence-electron chi connectivity index (χ3n) is 1.37.